The Morgan fingerprint density at radius 1 is 1.25 bits per heavy atom. The van der Waals surface area contributed by atoms with Crippen LogP contribution in [0.25, 0.3) is 0 Å². The molecule has 3 heterocycles. The van der Waals surface area contributed by atoms with Gasteiger partial charge in [0.2, 0.25) is 0 Å². The Morgan fingerprint density at radius 2 is 2.04 bits per heavy atom. The summed E-state index contributed by atoms with van der Waals surface area (Å²) in [6.07, 6.45) is 7.11. The van der Waals surface area contributed by atoms with Gasteiger partial charge in [0.15, 0.2) is 0 Å². The molecule has 3 rings (SSSR count). The van der Waals surface area contributed by atoms with Gasteiger partial charge in [-0.15, -0.1) is 0 Å². The Labute approximate surface area is 143 Å². The third-order valence-corrected chi connectivity index (χ3v) is 4.67. The molecular formula is C19H26N4O. The highest BCUT2D eigenvalue weighted by Gasteiger charge is 2.24. The number of aldehydes is 1. The number of nitrogens with zero attached hydrogens (tertiary/aromatic N) is 4. The maximum Gasteiger partial charge on any atom is 0.127 e. The largest absolute Gasteiger partial charge is 0.303 e. The van der Waals surface area contributed by atoms with Gasteiger partial charge in [0.25, 0.3) is 0 Å². The standard InChI is InChI=1S/C19H26N4O/c1-19(2,15-24)14-23-12-8-18(21-23)16-6-10-22(11-7-16)13-17-5-3-4-9-20-17/h3-5,8-9,12,15-16H,6-7,10-11,13-14H2,1-2H3. The summed E-state index contributed by atoms with van der Waals surface area (Å²) in [6.45, 7) is 7.60. The first-order chi connectivity index (χ1) is 11.6. The van der Waals surface area contributed by atoms with Crippen molar-refractivity contribution < 1.29 is 4.79 Å². The quantitative estimate of drug-likeness (QED) is 0.766. The van der Waals surface area contributed by atoms with Crippen molar-refractivity contribution in [2.75, 3.05) is 13.1 Å². The number of carbonyl (C=O) groups excluding carboxylic acids is 1. The van der Waals surface area contributed by atoms with Gasteiger partial charge in [-0.2, -0.15) is 5.10 Å². The number of hydrogen-bond acceptors (Lipinski definition) is 4. The zero-order valence-electron chi connectivity index (χ0n) is 14.6. The summed E-state index contributed by atoms with van der Waals surface area (Å²) in [6, 6.07) is 8.20. The Hall–Kier alpha value is -2.01. The van der Waals surface area contributed by atoms with Crippen molar-refractivity contribution in [1.82, 2.24) is 19.7 Å². The van der Waals surface area contributed by atoms with Crippen LogP contribution in [0.2, 0.25) is 0 Å². The lowest BCUT2D eigenvalue weighted by atomic mass is 9.93. The second kappa shape index (κ2) is 7.26. The van der Waals surface area contributed by atoms with Crippen molar-refractivity contribution in [3.05, 3.63) is 48.0 Å². The molecule has 0 aliphatic carbocycles. The Kier molecular flexibility index (Phi) is 5.09. The SMILES string of the molecule is CC(C)(C=O)Cn1ccc(C2CCN(Cc3ccccn3)CC2)n1. The highest BCUT2D eigenvalue weighted by Crippen LogP contribution is 2.27. The molecule has 1 aliphatic heterocycles. The minimum atomic E-state index is -0.366. The van der Waals surface area contributed by atoms with Gasteiger partial charge in [-0.3, -0.25) is 14.6 Å². The molecule has 1 saturated heterocycles. The zero-order valence-corrected chi connectivity index (χ0v) is 14.6. The van der Waals surface area contributed by atoms with E-state index in [4.69, 9.17) is 5.10 Å². The maximum atomic E-state index is 11.1. The summed E-state index contributed by atoms with van der Waals surface area (Å²) in [5.74, 6) is 0.519. The van der Waals surface area contributed by atoms with Gasteiger partial charge in [-0.25, -0.2) is 0 Å². The molecule has 5 heteroatoms. The molecule has 2 aromatic rings. The summed E-state index contributed by atoms with van der Waals surface area (Å²) in [5, 5.41) is 4.70. The minimum Gasteiger partial charge on any atom is -0.303 e. The molecular weight excluding hydrogens is 300 g/mol. The number of piperidine rings is 1. The second-order valence-corrected chi connectivity index (χ2v) is 7.42. The highest BCUT2D eigenvalue weighted by atomic mass is 16.1. The van der Waals surface area contributed by atoms with E-state index in [1.165, 1.54) is 0 Å². The van der Waals surface area contributed by atoms with Crippen LogP contribution in [0, 0.1) is 5.41 Å². The Bertz CT molecular complexity index is 657. The molecule has 0 saturated carbocycles. The van der Waals surface area contributed by atoms with Gasteiger partial charge < -0.3 is 4.79 Å². The number of aromatic nitrogens is 3. The van der Waals surface area contributed by atoms with E-state index in [9.17, 15) is 4.79 Å². The predicted molar refractivity (Wildman–Crippen MR) is 93.6 cm³/mol. The van der Waals surface area contributed by atoms with Gasteiger partial charge in [0.05, 0.1) is 17.9 Å². The molecule has 0 spiro atoms. The van der Waals surface area contributed by atoms with Crippen molar-refractivity contribution >= 4 is 6.29 Å². The van der Waals surface area contributed by atoms with Crippen LogP contribution in [0.4, 0.5) is 0 Å². The van der Waals surface area contributed by atoms with Gasteiger partial charge in [0.1, 0.15) is 6.29 Å². The lowest BCUT2D eigenvalue weighted by molar-refractivity contribution is -0.115. The lowest BCUT2D eigenvalue weighted by Crippen LogP contribution is -2.32. The van der Waals surface area contributed by atoms with Gasteiger partial charge in [-0.05, 0) is 44.1 Å². The van der Waals surface area contributed by atoms with E-state index in [-0.39, 0.29) is 5.41 Å². The molecule has 1 aliphatic rings. The zero-order chi connectivity index (χ0) is 17.0. The molecule has 0 atom stereocenters. The van der Waals surface area contributed by atoms with Crippen LogP contribution < -0.4 is 0 Å². The summed E-state index contributed by atoms with van der Waals surface area (Å²) >= 11 is 0. The second-order valence-electron chi connectivity index (χ2n) is 7.42. The smallest absolute Gasteiger partial charge is 0.127 e. The Balaban J connectivity index is 1.53. The van der Waals surface area contributed by atoms with Crippen LogP contribution in [-0.2, 0) is 17.9 Å². The average molecular weight is 326 g/mol. The van der Waals surface area contributed by atoms with E-state index in [0.29, 0.717) is 12.5 Å². The molecule has 0 unspecified atom stereocenters. The monoisotopic (exact) mass is 326 g/mol. The van der Waals surface area contributed by atoms with Crippen molar-refractivity contribution in [3.63, 3.8) is 0 Å². The van der Waals surface area contributed by atoms with Gasteiger partial charge >= 0.3 is 0 Å². The molecule has 5 nitrogen and oxygen atoms in total. The topological polar surface area (TPSA) is 51.0 Å². The third kappa shape index (κ3) is 4.29. The molecule has 0 N–H and O–H groups in total. The third-order valence-electron chi connectivity index (χ3n) is 4.67. The molecule has 1 fully saturated rings. The molecule has 24 heavy (non-hydrogen) atoms. The van der Waals surface area contributed by atoms with Crippen LogP contribution in [0.15, 0.2) is 36.7 Å². The van der Waals surface area contributed by atoms with Crippen LogP contribution in [0.5, 0.6) is 0 Å². The van der Waals surface area contributed by atoms with Crippen molar-refractivity contribution in [3.8, 4) is 0 Å². The van der Waals surface area contributed by atoms with Crippen molar-refractivity contribution in [2.24, 2.45) is 5.41 Å². The predicted octanol–water partition coefficient (Wildman–Crippen LogP) is 2.88. The van der Waals surface area contributed by atoms with Crippen LogP contribution in [-0.4, -0.2) is 39.0 Å². The lowest BCUT2D eigenvalue weighted by Gasteiger charge is -2.30. The number of rotatable bonds is 6. The molecule has 0 bridgehead atoms. The first kappa shape index (κ1) is 16.8. The summed E-state index contributed by atoms with van der Waals surface area (Å²) < 4.78 is 1.91. The van der Waals surface area contributed by atoms with E-state index < -0.39 is 0 Å². The molecule has 0 radical (unpaired) electrons. The molecule has 128 valence electrons. The van der Waals surface area contributed by atoms with Crippen LogP contribution >= 0.6 is 0 Å². The van der Waals surface area contributed by atoms with Crippen LogP contribution in [0.3, 0.4) is 0 Å². The number of pyridine rings is 1. The molecule has 0 amide bonds. The fraction of sp³-hybridized carbons (Fsp3) is 0.526. The fourth-order valence-electron chi connectivity index (χ4n) is 3.25. The van der Waals surface area contributed by atoms with E-state index in [1.54, 1.807) is 0 Å². The summed E-state index contributed by atoms with van der Waals surface area (Å²) in [7, 11) is 0. The van der Waals surface area contributed by atoms with Gasteiger partial charge in [0, 0.05) is 30.3 Å². The normalized spacial score (nSPS) is 17.1. The average Bonchev–Trinajstić information content (AvgIpc) is 3.04. The van der Waals surface area contributed by atoms with E-state index >= 15 is 0 Å². The maximum absolute atomic E-state index is 11.1. The highest BCUT2D eigenvalue weighted by molar-refractivity contribution is 5.57. The van der Waals surface area contributed by atoms with E-state index in [0.717, 1.165) is 50.1 Å². The Morgan fingerprint density at radius 3 is 2.71 bits per heavy atom. The van der Waals surface area contributed by atoms with Gasteiger partial charge in [-0.1, -0.05) is 19.9 Å². The first-order valence-electron chi connectivity index (χ1n) is 8.68. The number of carbonyl (C=O) groups is 1. The van der Waals surface area contributed by atoms with Crippen LogP contribution in [0.1, 0.15) is 44.0 Å². The summed E-state index contributed by atoms with van der Waals surface area (Å²) in [4.78, 5) is 17.9. The molecule has 0 aromatic carbocycles. The van der Waals surface area contributed by atoms with E-state index in [2.05, 4.69) is 22.0 Å². The molecule has 2 aromatic heterocycles. The summed E-state index contributed by atoms with van der Waals surface area (Å²) in [5.41, 5.74) is 1.93. The minimum absolute atomic E-state index is 0.366. The van der Waals surface area contributed by atoms with E-state index in [1.807, 2.05) is 43.1 Å². The number of likely N-dealkylation sites (tertiary alicyclic amines) is 1. The first-order valence-corrected chi connectivity index (χ1v) is 8.68. The number of hydrogen-bond donors (Lipinski definition) is 0. The van der Waals surface area contributed by atoms with Crippen molar-refractivity contribution in [2.45, 2.75) is 45.7 Å². The fourth-order valence-corrected chi connectivity index (χ4v) is 3.25. The van der Waals surface area contributed by atoms with Crippen molar-refractivity contribution in [1.29, 1.82) is 0 Å².